The van der Waals surface area contributed by atoms with E-state index in [4.69, 9.17) is 10.00 Å². The Morgan fingerprint density at radius 2 is 1.91 bits per heavy atom. The molecule has 0 saturated carbocycles. The van der Waals surface area contributed by atoms with E-state index in [9.17, 15) is 13.6 Å². The maximum Gasteiger partial charge on any atom is 0.350 e. The second-order valence-electron chi connectivity index (χ2n) is 8.25. The Kier molecular flexibility index (Phi) is 5.82. The predicted molar refractivity (Wildman–Crippen MR) is 126 cm³/mol. The Hall–Kier alpha value is -4.04. The molecule has 2 aromatic heterocycles. The first-order valence-corrected chi connectivity index (χ1v) is 11.7. The number of halogens is 2. The smallest absolute Gasteiger partial charge is 0.350 e. The first-order chi connectivity index (χ1) is 16.9. The molecule has 0 amide bonds. The molecule has 8 nitrogen and oxygen atoms in total. The van der Waals surface area contributed by atoms with Crippen LogP contribution in [0.1, 0.15) is 18.2 Å². The van der Waals surface area contributed by atoms with Crippen LogP contribution >= 0.6 is 11.3 Å². The van der Waals surface area contributed by atoms with Crippen LogP contribution in [0.4, 0.5) is 13.9 Å². The second kappa shape index (κ2) is 8.96. The Balaban J connectivity index is 1.31. The molecule has 0 N–H and O–H groups in total. The van der Waals surface area contributed by atoms with Crippen LogP contribution in [0.3, 0.4) is 0 Å². The van der Waals surface area contributed by atoms with E-state index in [0.29, 0.717) is 23.0 Å². The predicted octanol–water partition coefficient (Wildman–Crippen LogP) is 4.27. The van der Waals surface area contributed by atoms with Gasteiger partial charge in [0.05, 0.1) is 29.9 Å². The van der Waals surface area contributed by atoms with E-state index in [-0.39, 0.29) is 24.1 Å². The first kappa shape index (κ1) is 22.7. The average molecular weight is 495 g/mol. The van der Waals surface area contributed by atoms with Gasteiger partial charge in [-0.1, -0.05) is 17.4 Å². The maximum atomic E-state index is 14.0. The monoisotopic (exact) mass is 494 g/mol. The molecule has 2 aromatic carbocycles. The zero-order valence-electron chi connectivity index (χ0n) is 18.9. The molecule has 0 radical (unpaired) electrons. The molecule has 1 saturated heterocycles. The van der Waals surface area contributed by atoms with E-state index in [2.05, 4.69) is 21.1 Å². The highest BCUT2D eigenvalue weighted by molar-refractivity contribution is 7.17. The molecular formula is C24H20F2N6O2S. The summed E-state index contributed by atoms with van der Waals surface area (Å²) in [5.41, 5.74) is 0.502. The number of rotatable bonds is 6. The minimum atomic E-state index is -0.721. The quantitative estimate of drug-likeness (QED) is 0.398. The van der Waals surface area contributed by atoms with Gasteiger partial charge in [0.15, 0.2) is 5.13 Å². The van der Waals surface area contributed by atoms with Gasteiger partial charge in [-0.3, -0.25) is 4.57 Å². The van der Waals surface area contributed by atoms with E-state index < -0.39 is 17.3 Å². The lowest BCUT2D eigenvalue weighted by atomic mass is 9.92. The minimum absolute atomic E-state index is 0.00809. The molecular weight excluding hydrogens is 474 g/mol. The van der Waals surface area contributed by atoms with E-state index in [1.165, 1.54) is 23.7 Å². The first-order valence-electron chi connectivity index (χ1n) is 10.8. The summed E-state index contributed by atoms with van der Waals surface area (Å²) >= 11 is 1.42. The highest BCUT2D eigenvalue weighted by atomic mass is 32.1. The SMILES string of the molecule is Cc1nc(N2C[C@H](C#N)[C@@H]2C)sc1Oc1ccc(-n2ncn(Cc3c(F)cccc3F)c2=O)cc1. The standard InChI is InChI=1S/C24H20F2N6O2S/c1-14-22(35-23(29-14)31-11-16(10-27)15(31)2)34-18-8-6-17(7-9-18)32-24(33)30(13-28-32)12-19-20(25)4-3-5-21(19)26/h3-9,13,15-16H,11-12H2,1-2H3/t15-,16-/m0/s1. The number of anilines is 1. The Bertz CT molecular complexity index is 1470. The molecule has 3 heterocycles. The van der Waals surface area contributed by atoms with Crippen LogP contribution in [0.15, 0.2) is 53.6 Å². The number of hydrogen-bond acceptors (Lipinski definition) is 7. The fourth-order valence-corrected chi connectivity index (χ4v) is 4.87. The molecule has 1 aliphatic rings. The molecule has 5 rings (SSSR count). The van der Waals surface area contributed by atoms with Crippen LogP contribution in [0, 0.1) is 35.8 Å². The summed E-state index contributed by atoms with van der Waals surface area (Å²) in [6, 6.07) is 12.7. The number of nitriles is 1. The van der Waals surface area contributed by atoms with Crippen molar-refractivity contribution < 1.29 is 13.5 Å². The van der Waals surface area contributed by atoms with E-state index in [1.54, 1.807) is 24.3 Å². The van der Waals surface area contributed by atoms with Gasteiger partial charge in [0.25, 0.3) is 0 Å². The van der Waals surface area contributed by atoms with Crippen molar-refractivity contribution in [3.8, 4) is 22.6 Å². The van der Waals surface area contributed by atoms with Crippen molar-refractivity contribution in [3.05, 3.63) is 82.2 Å². The lowest BCUT2D eigenvalue weighted by molar-refractivity contribution is 0.386. The van der Waals surface area contributed by atoms with E-state index >= 15 is 0 Å². The van der Waals surface area contributed by atoms with Gasteiger partial charge < -0.3 is 9.64 Å². The number of ether oxygens (including phenoxy) is 1. The molecule has 0 aliphatic carbocycles. The molecule has 1 fully saturated rings. The zero-order valence-corrected chi connectivity index (χ0v) is 19.7. The summed E-state index contributed by atoms with van der Waals surface area (Å²) in [4.78, 5) is 19.4. The molecule has 0 unspecified atom stereocenters. The van der Waals surface area contributed by atoms with Crippen LogP contribution in [-0.2, 0) is 6.54 Å². The normalized spacial score (nSPS) is 17.2. The third kappa shape index (κ3) is 4.17. The van der Waals surface area contributed by atoms with Crippen molar-refractivity contribution in [2.75, 3.05) is 11.4 Å². The van der Waals surface area contributed by atoms with Crippen molar-refractivity contribution in [3.63, 3.8) is 0 Å². The average Bonchev–Trinajstić information content (AvgIpc) is 3.38. The van der Waals surface area contributed by atoms with E-state index in [1.807, 2.05) is 13.8 Å². The lowest BCUT2D eigenvalue weighted by Gasteiger charge is -2.42. The van der Waals surface area contributed by atoms with Gasteiger partial charge in [0.1, 0.15) is 23.7 Å². The Labute approximate surface area is 203 Å². The third-order valence-electron chi connectivity index (χ3n) is 6.04. The molecule has 4 aromatic rings. The largest absolute Gasteiger partial charge is 0.445 e. The molecule has 0 spiro atoms. The van der Waals surface area contributed by atoms with Gasteiger partial charge in [-0.25, -0.2) is 18.6 Å². The van der Waals surface area contributed by atoms with Crippen LogP contribution in [0.5, 0.6) is 10.8 Å². The van der Waals surface area contributed by atoms with Gasteiger partial charge in [0.2, 0.25) is 5.06 Å². The highest BCUT2D eigenvalue weighted by Gasteiger charge is 2.37. The van der Waals surface area contributed by atoms with Crippen molar-refractivity contribution in [1.29, 1.82) is 5.26 Å². The molecule has 178 valence electrons. The van der Waals surface area contributed by atoms with Crippen LogP contribution in [0.25, 0.3) is 5.69 Å². The number of thiazole rings is 1. The second-order valence-corrected chi connectivity index (χ2v) is 9.19. The fourth-order valence-electron chi connectivity index (χ4n) is 3.83. The summed E-state index contributed by atoms with van der Waals surface area (Å²) in [5.74, 6) is -0.879. The summed E-state index contributed by atoms with van der Waals surface area (Å²) < 4.78 is 36.2. The Morgan fingerprint density at radius 1 is 1.20 bits per heavy atom. The maximum absolute atomic E-state index is 14.0. The van der Waals surface area contributed by atoms with Gasteiger partial charge in [-0.15, -0.1) is 0 Å². The van der Waals surface area contributed by atoms with Crippen molar-refractivity contribution in [2.24, 2.45) is 5.92 Å². The topological polar surface area (TPSA) is 89.0 Å². The Morgan fingerprint density at radius 3 is 2.57 bits per heavy atom. The van der Waals surface area contributed by atoms with E-state index in [0.717, 1.165) is 32.2 Å². The van der Waals surface area contributed by atoms with Crippen LogP contribution in [0.2, 0.25) is 0 Å². The zero-order chi connectivity index (χ0) is 24.7. The van der Waals surface area contributed by atoms with Gasteiger partial charge in [-0.05, 0) is 50.2 Å². The molecule has 35 heavy (non-hydrogen) atoms. The molecule has 1 aliphatic heterocycles. The third-order valence-corrected chi connectivity index (χ3v) is 7.11. The molecule has 0 bridgehead atoms. The van der Waals surface area contributed by atoms with Crippen LogP contribution < -0.4 is 15.3 Å². The number of aromatic nitrogens is 4. The minimum Gasteiger partial charge on any atom is -0.445 e. The number of hydrogen-bond donors (Lipinski definition) is 0. The highest BCUT2D eigenvalue weighted by Crippen LogP contribution is 2.40. The summed E-state index contributed by atoms with van der Waals surface area (Å²) in [6.45, 7) is 4.25. The summed E-state index contributed by atoms with van der Waals surface area (Å²) in [7, 11) is 0. The van der Waals surface area contributed by atoms with Crippen molar-refractivity contribution >= 4 is 16.5 Å². The van der Waals surface area contributed by atoms with Gasteiger partial charge >= 0.3 is 5.69 Å². The fraction of sp³-hybridized carbons (Fsp3) is 0.250. The van der Waals surface area contributed by atoms with Gasteiger partial charge in [-0.2, -0.15) is 15.0 Å². The van der Waals surface area contributed by atoms with Crippen molar-refractivity contribution in [1.82, 2.24) is 19.3 Å². The number of nitrogens with zero attached hydrogens (tertiary/aromatic N) is 6. The summed E-state index contributed by atoms with van der Waals surface area (Å²) in [6.07, 6.45) is 1.24. The lowest BCUT2D eigenvalue weighted by Crippen LogP contribution is -2.54. The van der Waals surface area contributed by atoms with Crippen LogP contribution in [-0.4, -0.2) is 31.9 Å². The number of aryl methyl sites for hydroxylation is 1. The van der Waals surface area contributed by atoms with Gasteiger partial charge in [0, 0.05) is 18.2 Å². The van der Waals surface area contributed by atoms with Crippen molar-refractivity contribution in [2.45, 2.75) is 26.4 Å². The molecule has 2 atom stereocenters. The molecule has 11 heteroatoms. The summed E-state index contributed by atoms with van der Waals surface area (Å²) in [5, 5.41) is 14.6. The number of benzene rings is 2.